The molecule has 4 rings (SSSR count). The van der Waals surface area contributed by atoms with E-state index in [0.717, 1.165) is 30.5 Å². The van der Waals surface area contributed by atoms with Crippen LogP contribution in [0.25, 0.3) is 11.0 Å². The molecule has 1 aliphatic heterocycles. The SMILES string of the molecule is Cn1cnc2c(N3CCCCC3CNC3CC3)nccc21. The number of piperidine rings is 1. The summed E-state index contributed by atoms with van der Waals surface area (Å²) in [6.45, 7) is 2.18. The molecule has 2 aromatic rings. The summed E-state index contributed by atoms with van der Waals surface area (Å²) in [5, 5.41) is 3.68. The molecular weight excluding hydrogens is 262 g/mol. The van der Waals surface area contributed by atoms with Crippen LogP contribution >= 0.6 is 0 Å². The van der Waals surface area contributed by atoms with Gasteiger partial charge in [0.25, 0.3) is 0 Å². The third-order valence-electron chi connectivity index (χ3n) is 4.74. The van der Waals surface area contributed by atoms with Crippen molar-refractivity contribution in [3.63, 3.8) is 0 Å². The monoisotopic (exact) mass is 285 g/mol. The summed E-state index contributed by atoms with van der Waals surface area (Å²) < 4.78 is 2.07. The molecule has 1 unspecified atom stereocenters. The molecule has 2 aromatic heterocycles. The molecule has 1 saturated heterocycles. The first-order chi connectivity index (χ1) is 10.3. The highest BCUT2D eigenvalue weighted by Gasteiger charge is 2.28. The Morgan fingerprint density at radius 1 is 1.24 bits per heavy atom. The molecule has 1 aliphatic carbocycles. The zero-order chi connectivity index (χ0) is 14.2. The Balaban J connectivity index is 1.63. The van der Waals surface area contributed by atoms with Gasteiger partial charge in [-0.05, 0) is 38.2 Å². The van der Waals surface area contributed by atoms with E-state index in [0.29, 0.717) is 6.04 Å². The Hall–Kier alpha value is -1.62. The number of nitrogens with zero attached hydrogens (tertiary/aromatic N) is 4. The third-order valence-corrected chi connectivity index (χ3v) is 4.74. The van der Waals surface area contributed by atoms with Crippen LogP contribution in [-0.2, 0) is 7.05 Å². The van der Waals surface area contributed by atoms with Crippen LogP contribution in [0.15, 0.2) is 18.6 Å². The van der Waals surface area contributed by atoms with Gasteiger partial charge >= 0.3 is 0 Å². The molecule has 1 N–H and O–H groups in total. The number of pyridine rings is 1. The number of fused-ring (bicyclic) bond motifs is 1. The molecule has 5 nitrogen and oxygen atoms in total. The van der Waals surface area contributed by atoms with Crippen molar-refractivity contribution in [3.8, 4) is 0 Å². The van der Waals surface area contributed by atoms with E-state index in [4.69, 9.17) is 0 Å². The molecule has 0 bridgehead atoms. The Morgan fingerprint density at radius 3 is 3.00 bits per heavy atom. The molecule has 1 atom stereocenters. The van der Waals surface area contributed by atoms with E-state index in [-0.39, 0.29) is 0 Å². The number of hydrogen-bond acceptors (Lipinski definition) is 4. The summed E-state index contributed by atoms with van der Waals surface area (Å²) in [7, 11) is 2.04. The first kappa shape index (κ1) is 13.1. The Labute approximate surface area is 125 Å². The van der Waals surface area contributed by atoms with Gasteiger partial charge in [-0.15, -0.1) is 0 Å². The van der Waals surface area contributed by atoms with Crippen LogP contribution in [0.2, 0.25) is 0 Å². The number of rotatable bonds is 4. The van der Waals surface area contributed by atoms with Gasteiger partial charge in [0.05, 0.1) is 11.8 Å². The van der Waals surface area contributed by atoms with E-state index in [1.54, 1.807) is 0 Å². The Kier molecular flexibility index (Phi) is 3.30. The molecule has 0 radical (unpaired) electrons. The maximum absolute atomic E-state index is 4.66. The van der Waals surface area contributed by atoms with Crippen LogP contribution < -0.4 is 10.2 Å². The van der Waals surface area contributed by atoms with Crippen LogP contribution in [0.1, 0.15) is 32.1 Å². The van der Waals surface area contributed by atoms with Crippen molar-refractivity contribution in [2.24, 2.45) is 7.05 Å². The number of anilines is 1. The van der Waals surface area contributed by atoms with Gasteiger partial charge in [-0.3, -0.25) is 0 Å². The first-order valence-corrected chi connectivity index (χ1v) is 8.09. The molecule has 0 amide bonds. The minimum Gasteiger partial charge on any atom is -0.351 e. The summed E-state index contributed by atoms with van der Waals surface area (Å²) in [6.07, 6.45) is 10.3. The van der Waals surface area contributed by atoms with Gasteiger partial charge < -0.3 is 14.8 Å². The highest BCUT2D eigenvalue weighted by atomic mass is 15.2. The second kappa shape index (κ2) is 5.30. The molecule has 112 valence electrons. The van der Waals surface area contributed by atoms with Crippen molar-refractivity contribution >= 4 is 16.9 Å². The summed E-state index contributed by atoms with van der Waals surface area (Å²) in [5.41, 5.74) is 2.21. The van der Waals surface area contributed by atoms with Gasteiger partial charge in [-0.2, -0.15) is 0 Å². The average Bonchev–Trinajstić information content (AvgIpc) is 3.28. The van der Waals surface area contributed by atoms with Gasteiger partial charge in [0.2, 0.25) is 0 Å². The zero-order valence-corrected chi connectivity index (χ0v) is 12.6. The van der Waals surface area contributed by atoms with E-state index in [1.165, 1.54) is 37.6 Å². The molecule has 5 heteroatoms. The topological polar surface area (TPSA) is 46.0 Å². The lowest BCUT2D eigenvalue weighted by Gasteiger charge is -2.37. The van der Waals surface area contributed by atoms with Gasteiger partial charge in [-0.25, -0.2) is 9.97 Å². The maximum Gasteiger partial charge on any atom is 0.157 e. The fourth-order valence-electron chi connectivity index (χ4n) is 3.34. The summed E-state index contributed by atoms with van der Waals surface area (Å²) >= 11 is 0. The second-order valence-electron chi connectivity index (χ2n) is 6.38. The molecule has 21 heavy (non-hydrogen) atoms. The number of nitrogens with one attached hydrogen (secondary N) is 1. The van der Waals surface area contributed by atoms with Crippen molar-refractivity contribution in [1.82, 2.24) is 19.9 Å². The molecular formula is C16H23N5. The predicted octanol–water partition coefficient (Wildman–Crippen LogP) is 2.08. The second-order valence-corrected chi connectivity index (χ2v) is 6.38. The lowest BCUT2D eigenvalue weighted by molar-refractivity contribution is 0.432. The fraction of sp³-hybridized carbons (Fsp3) is 0.625. The smallest absolute Gasteiger partial charge is 0.157 e. The standard InChI is InChI=1S/C16H23N5/c1-20-11-19-15-14(20)7-8-17-16(15)21-9-3-2-4-13(21)10-18-12-5-6-12/h7-8,11-13,18H,2-6,9-10H2,1H3. The maximum atomic E-state index is 4.66. The van der Waals surface area contributed by atoms with Crippen LogP contribution in [0.3, 0.4) is 0 Å². The van der Waals surface area contributed by atoms with Crippen LogP contribution in [0.5, 0.6) is 0 Å². The molecule has 0 aromatic carbocycles. The number of aromatic nitrogens is 3. The molecule has 2 fully saturated rings. The zero-order valence-electron chi connectivity index (χ0n) is 12.6. The van der Waals surface area contributed by atoms with Gasteiger partial charge in [-0.1, -0.05) is 0 Å². The predicted molar refractivity (Wildman–Crippen MR) is 84.5 cm³/mol. The minimum atomic E-state index is 0.555. The third kappa shape index (κ3) is 2.50. The molecule has 0 spiro atoms. The Bertz CT molecular complexity index is 631. The highest BCUT2D eigenvalue weighted by Crippen LogP contribution is 2.29. The van der Waals surface area contributed by atoms with Crippen molar-refractivity contribution in [2.75, 3.05) is 18.0 Å². The largest absolute Gasteiger partial charge is 0.351 e. The van der Waals surface area contributed by atoms with Crippen molar-refractivity contribution in [2.45, 2.75) is 44.2 Å². The van der Waals surface area contributed by atoms with Gasteiger partial charge in [0.1, 0.15) is 5.52 Å². The number of imidazole rings is 1. The Morgan fingerprint density at radius 2 is 2.14 bits per heavy atom. The quantitative estimate of drug-likeness (QED) is 0.934. The summed E-state index contributed by atoms with van der Waals surface area (Å²) in [5.74, 6) is 1.07. The molecule has 3 heterocycles. The van der Waals surface area contributed by atoms with Crippen molar-refractivity contribution in [3.05, 3.63) is 18.6 Å². The van der Waals surface area contributed by atoms with E-state index < -0.39 is 0 Å². The van der Waals surface area contributed by atoms with Crippen LogP contribution in [0.4, 0.5) is 5.82 Å². The lowest BCUT2D eigenvalue weighted by atomic mass is 10.0. The van der Waals surface area contributed by atoms with E-state index in [2.05, 4.69) is 24.8 Å². The average molecular weight is 285 g/mol. The summed E-state index contributed by atoms with van der Waals surface area (Å²) in [4.78, 5) is 11.7. The molecule has 1 saturated carbocycles. The fourth-order valence-corrected chi connectivity index (χ4v) is 3.34. The van der Waals surface area contributed by atoms with Gasteiger partial charge in [0.15, 0.2) is 5.82 Å². The number of aryl methyl sites for hydroxylation is 1. The number of hydrogen-bond donors (Lipinski definition) is 1. The highest BCUT2D eigenvalue weighted by molar-refractivity contribution is 5.86. The van der Waals surface area contributed by atoms with Gasteiger partial charge in [0, 0.05) is 38.4 Å². The molecule has 2 aliphatic rings. The first-order valence-electron chi connectivity index (χ1n) is 8.09. The van der Waals surface area contributed by atoms with E-state index >= 15 is 0 Å². The van der Waals surface area contributed by atoms with E-state index in [1.807, 2.05) is 25.6 Å². The van der Waals surface area contributed by atoms with Crippen molar-refractivity contribution in [1.29, 1.82) is 0 Å². The minimum absolute atomic E-state index is 0.555. The van der Waals surface area contributed by atoms with Crippen LogP contribution in [0, 0.1) is 0 Å². The van der Waals surface area contributed by atoms with Crippen LogP contribution in [-0.4, -0.2) is 39.7 Å². The van der Waals surface area contributed by atoms with E-state index in [9.17, 15) is 0 Å². The normalized spacial score (nSPS) is 22.9. The summed E-state index contributed by atoms with van der Waals surface area (Å²) in [6, 6.07) is 3.37. The lowest BCUT2D eigenvalue weighted by Crippen LogP contribution is -2.46. The van der Waals surface area contributed by atoms with Crippen molar-refractivity contribution < 1.29 is 0 Å².